The second-order valence-corrected chi connectivity index (χ2v) is 5.82. The van der Waals surface area contributed by atoms with Crippen LogP contribution in [0.3, 0.4) is 0 Å². The quantitative estimate of drug-likeness (QED) is 0.520. The third kappa shape index (κ3) is 2.51. The Balaban J connectivity index is 1.54. The molecule has 0 bridgehead atoms. The van der Waals surface area contributed by atoms with E-state index >= 15 is 0 Å². The summed E-state index contributed by atoms with van der Waals surface area (Å²) in [5, 5.41) is 5.13. The molecule has 2 N–H and O–H groups in total. The van der Waals surface area contributed by atoms with Gasteiger partial charge in [-0.15, -0.1) is 0 Å². The summed E-state index contributed by atoms with van der Waals surface area (Å²) in [7, 11) is 0. The van der Waals surface area contributed by atoms with Gasteiger partial charge in [0.25, 0.3) is 0 Å². The van der Waals surface area contributed by atoms with Gasteiger partial charge in [0.05, 0.1) is 5.52 Å². The van der Waals surface area contributed by atoms with E-state index in [1.54, 1.807) is 18.7 Å². The van der Waals surface area contributed by atoms with Crippen molar-refractivity contribution in [2.75, 3.05) is 5.32 Å². The van der Waals surface area contributed by atoms with Crippen LogP contribution in [-0.4, -0.2) is 29.9 Å². The van der Waals surface area contributed by atoms with Crippen molar-refractivity contribution in [3.8, 4) is 11.1 Å². The van der Waals surface area contributed by atoms with Gasteiger partial charge in [0.1, 0.15) is 12.0 Å². The van der Waals surface area contributed by atoms with E-state index in [4.69, 9.17) is 0 Å². The lowest BCUT2D eigenvalue weighted by atomic mass is 10.0. The zero-order valence-corrected chi connectivity index (χ0v) is 13.6. The van der Waals surface area contributed by atoms with E-state index in [2.05, 4.69) is 41.3 Å². The van der Waals surface area contributed by atoms with E-state index in [1.165, 1.54) is 0 Å². The van der Waals surface area contributed by atoms with Crippen LogP contribution in [0, 0.1) is 0 Å². The van der Waals surface area contributed by atoms with Crippen molar-refractivity contribution in [3.05, 3.63) is 67.6 Å². The van der Waals surface area contributed by atoms with Gasteiger partial charge < -0.3 is 10.3 Å². The van der Waals surface area contributed by atoms with E-state index in [-0.39, 0.29) is 0 Å². The van der Waals surface area contributed by atoms with Crippen LogP contribution >= 0.6 is 0 Å². The first-order valence-corrected chi connectivity index (χ1v) is 8.08. The number of aromatic nitrogens is 6. The number of pyridine rings is 1. The van der Waals surface area contributed by atoms with Crippen LogP contribution < -0.4 is 5.32 Å². The number of H-pyrrole nitrogens is 1. The number of nitrogens with zero attached hydrogens (tertiary/aromatic N) is 5. The first-order chi connectivity index (χ1) is 12.9. The fourth-order valence-corrected chi connectivity index (χ4v) is 2.92. The zero-order valence-electron chi connectivity index (χ0n) is 13.6. The molecule has 0 aliphatic rings. The Morgan fingerprint density at radius 2 is 1.85 bits per heavy atom. The Kier molecular flexibility index (Phi) is 3.28. The van der Waals surface area contributed by atoms with Crippen molar-refractivity contribution >= 4 is 33.6 Å². The smallest absolute Gasteiger partial charge is 0.229 e. The zero-order chi connectivity index (χ0) is 17.3. The molecular formula is C19H13N7. The molecule has 0 aliphatic heterocycles. The number of rotatable bonds is 3. The molecule has 0 unspecified atom stereocenters. The van der Waals surface area contributed by atoms with Crippen LogP contribution in [0.25, 0.3) is 33.1 Å². The molecule has 5 aromatic rings. The molecule has 0 saturated heterocycles. The Hall–Kier alpha value is -3.87. The van der Waals surface area contributed by atoms with Crippen molar-refractivity contribution < 1.29 is 0 Å². The molecule has 4 aromatic heterocycles. The van der Waals surface area contributed by atoms with Crippen molar-refractivity contribution in [3.63, 3.8) is 0 Å². The van der Waals surface area contributed by atoms with Crippen LogP contribution in [0.4, 0.5) is 11.6 Å². The molecule has 0 saturated carbocycles. The average molecular weight is 339 g/mol. The summed E-state index contributed by atoms with van der Waals surface area (Å²) in [6.45, 7) is 0. The maximum atomic E-state index is 4.56. The lowest BCUT2D eigenvalue weighted by molar-refractivity contribution is 1.19. The predicted molar refractivity (Wildman–Crippen MR) is 99.9 cm³/mol. The van der Waals surface area contributed by atoms with Gasteiger partial charge in [-0.1, -0.05) is 6.07 Å². The normalized spacial score (nSPS) is 11.1. The first-order valence-electron chi connectivity index (χ1n) is 8.08. The van der Waals surface area contributed by atoms with E-state index in [0.29, 0.717) is 5.95 Å². The Morgan fingerprint density at radius 3 is 2.77 bits per heavy atom. The number of anilines is 2. The summed E-state index contributed by atoms with van der Waals surface area (Å²) in [5.74, 6) is 0.531. The van der Waals surface area contributed by atoms with Crippen LogP contribution in [0.15, 0.2) is 67.6 Å². The lowest BCUT2D eigenvalue weighted by Gasteiger charge is -2.04. The first kappa shape index (κ1) is 14.5. The summed E-state index contributed by atoms with van der Waals surface area (Å²) in [6.07, 6.45) is 10.6. The van der Waals surface area contributed by atoms with Gasteiger partial charge in [-0.3, -0.25) is 4.98 Å². The Bertz CT molecular complexity index is 1210. The minimum absolute atomic E-state index is 0.531. The molecule has 1 aromatic carbocycles. The van der Waals surface area contributed by atoms with Gasteiger partial charge >= 0.3 is 0 Å². The highest BCUT2D eigenvalue weighted by molar-refractivity contribution is 5.96. The van der Waals surface area contributed by atoms with Crippen molar-refractivity contribution in [1.29, 1.82) is 0 Å². The molecule has 0 aliphatic carbocycles. The van der Waals surface area contributed by atoms with E-state index in [9.17, 15) is 0 Å². The summed E-state index contributed by atoms with van der Waals surface area (Å²) in [6, 6.07) is 9.84. The highest BCUT2D eigenvalue weighted by Gasteiger charge is 2.10. The lowest BCUT2D eigenvalue weighted by Crippen LogP contribution is -1.96. The minimum Gasteiger partial charge on any atom is -0.345 e. The van der Waals surface area contributed by atoms with Gasteiger partial charge in [0.15, 0.2) is 0 Å². The van der Waals surface area contributed by atoms with Crippen LogP contribution in [0.5, 0.6) is 0 Å². The maximum absolute atomic E-state index is 4.56. The third-order valence-corrected chi connectivity index (χ3v) is 4.18. The average Bonchev–Trinajstić information content (AvgIpc) is 3.12. The van der Waals surface area contributed by atoms with Crippen LogP contribution in [-0.2, 0) is 0 Å². The maximum Gasteiger partial charge on any atom is 0.229 e. The molecule has 124 valence electrons. The fourth-order valence-electron chi connectivity index (χ4n) is 2.92. The number of hydrogen-bond acceptors (Lipinski definition) is 6. The van der Waals surface area contributed by atoms with Crippen LogP contribution in [0.1, 0.15) is 0 Å². The van der Waals surface area contributed by atoms with Gasteiger partial charge in [-0.2, -0.15) is 4.98 Å². The standard InChI is InChI=1S/C19H13N7/c1-2-17-13(8-21-11-24-17)7-12(1)15-9-22-18-16(15)10-23-19(26-18)25-14-3-5-20-6-4-14/h1-11H,(H2,20,22,23,25,26). The van der Waals surface area contributed by atoms with Gasteiger partial charge in [-0.25, -0.2) is 15.0 Å². The summed E-state index contributed by atoms with van der Waals surface area (Å²) in [5.41, 5.74) is 4.69. The van der Waals surface area contributed by atoms with E-state index < -0.39 is 0 Å². The second-order valence-electron chi connectivity index (χ2n) is 5.82. The number of benzene rings is 1. The summed E-state index contributed by atoms with van der Waals surface area (Å²) >= 11 is 0. The van der Waals surface area contributed by atoms with Crippen molar-refractivity contribution in [2.45, 2.75) is 0 Å². The monoisotopic (exact) mass is 339 g/mol. The predicted octanol–water partition coefficient (Wildman–Crippen LogP) is 3.71. The SMILES string of the molecule is c1cc(Nc2ncc3c(-c4ccc5ncncc5c4)c[nH]c3n2)ccn1. The Labute approximate surface area is 148 Å². The van der Waals surface area contributed by atoms with Crippen LogP contribution in [0.2, 0.25) is 0 Å². The van der Waals surface area contributed by atoms with Crippen molar-refractivity contribution in [2.24, 2.45) is 0 Å². The van der Waals surface area contributed by atoms with Crippen molar-refractivity contribution in [1.82, 2.24) is 29.9 Å². The molecule has 7 nitrogen and oxygen atoms in total. The molecule has 0 atom stereocenters. The summed E-state index contributed by atoms with van der Waals surface area (Å²) in [4.78, 5) is 24.6. The number of nitrogens with one attached hydrogen (secondary N) is 2. The number of fused-ring (bicyclic) bond motifs is 2. The molecule has 7 heteroatoms. The molecular weight excluding hydrogens is 326 g/mol. The highest BCUT2D eigenvalue weighted by Crippen LogP contribution is 2.29. The number of aromatic amines is 1. The molecule has 5 rings (SSSR count). The van der Waals surface area contributed by atoms with Gasteiger partial charge in [-0.05, 0) is 29.8 Å². The topological polar surface area (TPSA) is 92.3 Å². The fraction of sp³-hybridized carbons (Fsp3) is 0. The second kappa shape index (κ2) is 5.89. The minimum atomic E-state index is 0.531. The van der Waals surface area contributed by atoms with Gasteiger partial charge in [0.2, 0.25) is 5.95 Å². The molecule has 0 radical (unpaired) electrons. The number of hydrogen-bond donors (Lipinski definition) is 2. The molecule has 4 heterocycles. The molecule has 0 amide bonds. The third-order valence-electron chi connectivity index (χ3n) is 4.18. The summed E-state index contributed by atoms with van der Waals surface area (Å²) < 4.78 is 0. The Morgan fingerprint density at radius 1 is 0.923 bits per heavy atom. The van der Waals surface area contributed by atoms with E-state index in [0.717, 1.165) is 38.8 Å². The molecule has 0 spiro atoms. The van der Waals surface area contributed by atoms with Gasteiger partial charge in [0, 0.05) is 53.0 Å². The largest absolute Gasteiger partial charge is 0.345 e. The van der Waals surface area contributed by atoms with E-state index in [1.807, 2.05) is 42.9 Å². The molecule has 26 heavy (non-hydrogen) atoms. The molecule has 0 fully saturated rings. The highest BCUT2D eigenvalue weighted by atomic mass is 15.1.